The molecule has 0 fully saturated rings. The summed E-state index contributed by atoms with van der Waals surface area (Å²) in [6, 6.07) is 4.62. The van der Waals surface area contributed by atoms with Crippen molar-refractivity contribution in [2.75, 3.05) is 12.3 Å². The SMILES string of the molecule is CCCCP(CC(C)CCC)c1cccc(F)c1F. The van der Waals surface area contributed by atoms with Crippen molar-refractivity contribution in [3.8, 4) is 0 Å². The second kappa shape index (κ2) is 8.64. The van der Waals surface area contributed by atoms with Gasteiger partial charge >= 0.3 is 0 Å². The molecule has 0 aromatic heterocycles. The molecular weight excluding hydrogens is 261 g/mol. The van der Waals surface area contributed by atoms with Gasteiger partial charge in [0.2, 0.25) is 0 Å². The highest BCUT2D eigenvalue weighted by Gasteiger charge is 2.19. The van der Waals surface area contributed by atoms with Crippen molar-refractivity contribution in [3.05, 3.63) is 29.8 Å². The maximum absolute atomic E-state index is 14.0. The van der Waals surface area contributed by atoms with E-state index in [1.165, 1.54) is 12.5 Å². The van der Waals surface area contributed by atoms with Crippen molar-refractivity contribution < 1.29 is 8.78 Å². The number of hydrogen-bond donors (Lipinski definition) is 0. The Kier molecular flexibility index (Phi) is 7.53. The van der Waals surface area contributed by atoms with Crippen LogP contribution in [-0.2, 0) is 0 Å². The third-order valence-electron chi connectivity index (χ3n) is 3.37. The molecule has 1 aromatic carbocycles. The van der Waals surface area contributed by atoms with Crippen molar-refractivity contribution in [2.45, 2.75) is 46.5 Å². The van der Waals surface area contributed by atoms with Crippen LogP contribution in [0.25, 0.3) is 0 Å². The second-order valence-corrected chi connectivity index (χ2v) is 7.64. The molecule has 0 saturated heterocycles. The van der Waals surface area contributed by atoms with Crippen LogP contribution in [0.5, 0.6) is 0 Å². The minimum Gasteiger partial charge on any atom is -0.204 e. The van der Waals surface area contributed by atoms with Gasteiger partial charge in [-0.05, 0) is 30.7 Å². The molecule has 19 heavy (non-hydrogen) atoms. The quantitative estimate of drug-likeness (QED) is 0.568. The molecule has 0 radical (unpaired) electrons. The van der Waals surface area contributed by atoms with E-state index >= 15 is 0 Å². The molecule has 0 spiro atoms. The largest absolute Gasteiger partial charge is 0.204 e. The lowest BCUT2D eigenvalue weighted by molar-refractivity contribution is 0.514. The summed E-state index contributed by atoms with van der Waals surface area (Å²) in [7, 11) is -0.565. The van der Waals surface area contributed by atoms with E-state index in [2.05, 4.69) is 20.8 Å². The van der Waals surface area contributed by atoms with Crippen LogP contribution >= 0.6 is 7.92 Å². The molecule has 0 bridgehead atoms. The predicted molar refractivity (Wildman–Crippen MR) is 81.6 cm³/mol. The number of hydrogen-bond acceptors (Lipinski definition) is 0. The predicted octanol–water partition coefficient (Wildman–Crippen LogP) is 5.31. The molecular formula is C16H25F2P. The van der Waals surface area contributed by atoms with E-state index in [0.717, 1.165) is 31.6 Å². The third-order valence-corrected chi connectivity index (χ3v) is 6.31. The van der Waals surface area contributed by atoms with E-state index < -0.39 is 19.6 Å². The summed E-state index contributed by atoms with van der Waals surface area (Å²) in [5, 5.41) is 0.631. The molecule has 1 rings (SSSR count). The highest BCUT2D eigenvalue weighted by Crippen LogP contribution is 2.39. The highest BCUT2D eigenvalue weighted by molar-refractivity contribution is 7.65. The summed E-state index contributed by atoms with van der Waals surface area (Å²) >= 11 is 0. The molecule has 0 aliphatic rings. The standard InChI is InChI=1S/C16H25F2P/c1-4-6-11-19(12-13(3)8-5-2)15-10-7-9-14(17)16(15)18/h7,9-10,13H,4-6,8,11-12H2,1-3H3. The zero-order valence-corrected chi connectivity index (χ0v) is 13.1. The van der Waals surface area contributed by atoms with E-state index in [1.807, 2.05) is 0 Å². The molecule has 108 valence electrons. The van der Waals surface area contributed by atoms with Gasteiger partial charge in [-0.1, -0.05) is 60.1 Å². The molecule has 0 saturated carbocycles. The normalized spacial score (nSPS) is 14.4. The summed E-state index contributed by atoms with van der Waals surface area (Å²) < 4.78 is 27.3. The minimum atomic E-state index is -0.704. The average Bonchev–Trinajstić information content (AvgIpc) is 2.38. The van der Waals surface area contributed by atoms with Crippen molar-refractivity contribution in [2.24, 2.45) is 5.92 Å². The molecule has 1 aromatic rings. The van der Waals surface area contributed by atoms with Crippen molar-refractivity contribution in [1.29, 1.82) is 0 Å². The second-order valence-electron chi connectivity index (χ2n) is 5.27. The Morgan fingerprint density at radius 2 is 1.89 bits per heavy atom. The van der Waals surface area contributed by atoms with Gasteiger partial charge in [-0.15, -0.1) is 0 Å². The topological polar surface area (TPSA) is 0 Å². The Balaban J connectivity index is 2.85. The summed E-state index contributed by atoms with van der Waals surface area (Å²) in [6.07, 6.45) is 6.56. The van der Waals surface area contributed by atoms with E-state index in [0.29, 0.717) is 11.2 Å². The summed E-state index contributed by atoms with van der Waals surface area (Å²) in [4.78, 5) is 0. The molecule has 0 N–H and O–H groups in total. The first-order chi connectivity index (χ1) is 9.10. The fourth-order valence-electron chi connectivity index (χ4n) is 2.36. The third kappa shape index (κ3) is 5.18. The van der Waals surface area contributed by atoms with E-state index in [9.17, 15) is 8.78 Å². The van der Waals surface area contributed by atoms with Crippen LogP contribution in [0.15, 0.2) is 18.2 Å². The van der Waals surface area contributed by atoms with Crippen LogP contribution in [0.4, 0.5) is 8.78 Å². The number of benzene rings is 1. The molecule has 0 nitrogen and oxygen atoms in total. The van der Waals surface area contributed by atoms with Crippen molar-refractivity contribution in [1.82, 2.24) is 0 Å². The summed E-state index contributed by atoms with van der Waals surface area (Å²) in [5.41, 5.74) is 0. The van der Waals surface area contributed by atoms with Crippen LogP contribution in [0.1, 0.15) is 46.5 Å². The summed E-state index contributed by atoms with van der Waals surface area (Å²) in [6.45, 7) is 6.54. The first-order valence-electron chi connectivity index (χ1n) is 7.29. The Morgan fingerprint density at radius 3 is 2.53 bits per heavy atom. The van der Waals surface area contributed by atoms with Crippen molar-refractivity contribution in [3.63, 3.8) is 0 Å². The van der Waals surface area contributed by atoms with Gasteiger partial charge in [0.25, 0.3) is 0 Å². The molecule has 0 amide bonds. The van der Waals surface area contributed by atoms with Gasteiger partial charge in [0.15, 0.2) is 11.6 Å². The Morgan fingerprint density at radius 1 is 1.16 bits per heavy atom. The lowest BCUT2D eigenvalue weighted by Gasteiger charge is -2.22. The van der Waals surface area contributed by atoms with Gasteiger partial charge in [0, 0.05) is 5.30 Å². The molecule has 0 aliphatic heterocycles. The van der Waals surface area contributed by atoms with E-state index in [-0.39, 0.29) is 0 Å². The highest BCUT2D eigenvalue weighted by atomic mass is 31.1. The van der Waals surface area contributed by atoms with Crippen LogP contribution in [0.3, 0.4) is 0 Å². The molecule has 0 aliphatic carbocycles. The van der Waals surface area contributed by atoms with E-state index in [1.54, 1.807) is 12.1 Å². The Hall–Kier alpha value is -0.490. The Labute approximate surface area is 117 Å². The fraction of sp³-hybridized carbons (Fsp3) is 0.625. The number of rotatable bonds is 8. The maximum Gasteiger partial charge on any atom is 0.166 e. The average molecular weight is 286 g/mol. The van der Waals surface area contributed by atoms with Crippen molar-refractivity contribution >= 4 is 13.2 Å². The van der Waals surface area contributed by atoms with E-state index in [4.69, 9.17) is 0 Å². The van der Waals surface area contributed by atoms with Gasteiger partial charge in [-0.2, -0.15) is 0 Å². The lowest BCUT2D eigenvalue weighted by Crippen LogP contribution is -2.15. The first-order valence-corrected chi connectivity index (χ1v) is 9.00. The maximum atomic E-state index is 14.0. The van der Waals surface area contributed by atoms with Crippen LogP contribution in [0, 0.1) is 17.6 Å². The molecule has 0 heterocycles. The number of halogens is 2. The van der Waals surface area contributed by atoms with Crippen LogP contribution in [0.2, 0.25) is 0 Å². The fourth-order valence-corrected chi connectivity index (χ4v) is 5.29. The van der Waals surface area contributed by atoms with Gasteiger partial charge in [-0.3, -0.25) is 0 Å². The zero-order chi connectivity index (χ0) is 14.3. The molecule has 2 atom stereocenters. The van der Waals surface area contributed by atoms with Gasteiger partial charge in [-0.25, -0.2) is 8.78 Å². The van der Waals surface area contributed by atoms with Gasteiger partial charge in [0.05, 0.1) is 0 Å². The van der Waals surface area contributed by atoms with Gasteiger partial charge < -0.3 is 0 Å². The van der Waals surface area contributed by atoms with Gasteiger partial charge in [0.1, 0.15) is 0 Å². The number of unbranched alkanes of at least 4 members (excludes halogenated alkanes) is 1. The molecule has 2 unspecified atom stereocenters. The zero-order valence-electron chi connectivity index (χ0n) is 12.3. The molecule has 3 heteroatoms. The van der Waals surface area contributed by atoms with Crippen LogP contribution < -0.4 is 5.30 Å². The monoisotopic (exact) mass is 286 g/mol. The van der Waals surface area contributed by atoms with Crippen LogP contribution in [-0.4, -0.2) is 12.3 Å². The lowest BCUT2D eigenvalue weighted by atomic mass is 10.1. The summed E-state index contributed by atoms with van der Waals surface area (Å²) in [5.74, 6) is -0.728. The Bertz CT molecular complexity index is 379. The minimum absolute atomic E-state index is 0.565. The first kappa shape index (κ1) is 16.6. The smallest absolute Gasteiger partial charge is 0.166 e.